The highest BCUT2D eigenvalue weighted by atomic mass is 19.1. The number of hydrogen-bond acceptors (Lipinski definition) is 1. The molecule has 108 valence electrons. The molecule has 1 amide bonds. The van der Waals surface area contributed by atoms with Gasteiger partial charge in [0.05, 0.1) is 12.1 Å². The zero-order valence-electron chi connectivity index (χ0n) is 11.7. The molecule has 1 aliphatic heterocycles. The topological polar surface area (TPSA) is 20.3 Å². The van der Waals surface area contributed by atoms with Crippen LogP contribution in [0, 0.1) is 11.6 Å². The molecule has 0 bridgehead atoms. The van der Waals surface area contributed by atoms with Gasteiger partial charge in [0, 0.05) is 11.8 Å². The predicted molar refractivity (Wildman–Crippen MR) is 77.6 cm³/mol. The Morgan fingerprint density at radius 3 is 2.52 bits per heavy atom. The number of aryl methyl sites for hydroxylation is 1. The van der Waals surface area contributed by atoms with Gasteiger partial charge in [0.1, 0.15) is 5.82 Å². The largest absolute Gasteiger partial charge is 0.278 e. The lowest BCUT2D eigenvalue weighted by atomic mass is 10.1. The summed E-state index contributed by atoms with van der Waals surface area (Å²) >= 11 is 0. The maximum atomic E-state index is 14.0. The van der Waals surface area contributed by atoms with Crippen LogP contribution in [0.2, 0.25) is 0 Å². The molecule has 2 aromatic rings. The van der Waals surface area contributed by atoms with E-state index < -0.39 is 11.6 Å². The van der Waals surface area contributed by atoms with Crippen LogP contribution >= 0.6 is 0 Å². The van der Waals surface area contributed by atoms with Crippen LogP contribution in [0.3, 0.4) is 0 Å². The average molecular weight is 287 g/mol. The highest BCUT2D eigenvalue weighted by Crippen LogP contribution is 2.38. The van der Waals surface area contributed by atoms with E-state index in [1.807, 2.05) is 12.1 Å². The summed E-state index contributed by atoms with van der Waals surface area (Å²) in [6.07, 6.45) is 2.03. The molecule has 0 aliphatic carbocycles. The molecule has 2 aromatic carbocycles. The van der Waals surface area contributed by atoms with Gasteiger partial charge in [-0.1, -0.05) is 25.5 Å². The minimum atomic E-state index is -0.700. The monoisotopic (exact) mass is 287 g/mol. The molecule has 21 heavy (non-hydrogen) atoms. The number of nitrogens with zero attached hydrogens (tertiary/aromatic N) is 1. The lowest BCUT2D eigenvalue weighted by Crippen LogP contribution is -2.21. The first kappa shape index (κ1) is 13.7. The number of hydrogen-bond donors (Lipinski definition) is 0. The molecule has 3 rings (SSSR count). The first-order valence-electron chi connectivity index (χ1n) is 7.00. The van der Waals surface area contributed by atoms with E-state index in [-0.39, 0.29) is 18.0 Å². The maximum absolute atomic E-state index is 14.0. The molecular weight excluding hydrogens is 272 g/mol. The molecule has 1 aliphatic rings. The van der Waals surface area contributed by atoms with Crippen molar-refractivity contribution in [3.8, 4) is 0 Å². The Hall–Kier alpha value is -2.23. The molecule has 0 atom stereocenters. The molecule has 0 spiro atoms. The van der Waals surface area contributed by atoms with Crippen molar-refractivity contribution < 1.29 is 13.6 Å². The number of carbonyl (C=O) groups is 1. The molecule has 0 aromatic heterocycles. The molecule has 2 nitrogen and oxygen atoms in total. The number of rotatable bonds is 3. The van der Waals surface area contributed by atoms with Gasteiger partial charge >= 0.3 is 0 Å². The second-order valence-electron chi connectivity index (χ2n) is 5.22. The Bertz CT molecular complexity index is 695. The van der Waals surface area contributed by atoms with Gasteiger partial charge in [-0.15, -0.1) is 0 Å². The van der Waals surface area contributed by atoms with Crippen molar-refractivity contribution in [3.63, 3.8) is 0 Å². The third-order valence-electron chi connectivity index (χ3n) is 3.66. The van der Waals surface area contributed by atoms with E-state index in [9.17, 15) is 13.6 Å². The standard InChI is InChI=1S/C17H15F2NO/c1-2-3-11-4-6-14(7-5-11)20-16(21)9-12-8-13(18)10-15(19)17(12)20/h4-8,10H,2-3,9H2,1H3. The summed E-state index contributed by atoms with van der Waals surface area (Å²) in [6, 6.07) is 9.52. The van der Waals surface area contributed by atoms with Gasteiger partial charge in [0.25, 0.3) is 0 Å². The highest BCUT2D eigenvalue weighted by Gasteiger charge is 2.32. The van der Waals surface area contributed by atoms with Crippen LogP contribution in [-0.4, -0.2) is 5.91 Å². The number of benzene rings is 2. The molecule has 4 heteroatoms. The zero-order valence-corrected chi connectivity index (χ0v) is 11.7. The average Bonchev–Trinajstić information content (AvgIpc) is 2.76. The van der Waals surface area contributed by atoms with Gasteiger partial charge in [-0.3, -0.25) is 9.69 Å². The fourth-order valence-corrected chi connectivity index (χ4v) is 2.74. The van der Waals surface area contributed by atoms with E-state index in [4.69, 9.17) is 0 Å². The van der Waals surface area contributed by atoms with Crippen LogP contribution in [0.1, 0.15) is 24.5 Å². The van der Waals surface area contributed by atoms with Gasteiger partial charge in [-0.05, 0) is 35.7 Å². The Labute approximate surface area is 122 Å². The first-order chi connectivity index (χ1) is 10.1. The summed E-state index contributed by atoms with van der Waals surface area (Å²) in [5.74, 6) is -1.59. The van der Waals surface area contributed by atoms with Gasteiger partial charge in [0.2, 0.25) is 5.91 Å². The molecule has 1 heterocycles. The Balaban J connectivity index is 2.02. The van der Waals surface area contributed by atoms with Crippen LogP contribution in [0.4, 0.5) is 20.2 Å². The Morgan fingerprint density at radius 2 is 1.86 bits per heavy atom. The number of carbonyl (C=O) groups excluding carboxylic acids is 1. The lowest BCUT2D eigenvalue weighted by Gasteiger charge is -2.18. The van der Waals surface area contributed by atoms with E-state index in [1.165, 1.54) is 16.5 Å². The second kappa shape index (κ2) is 5.28. The van der Waals surface area contributed by atoms with Gasteiger partial charge in [-0.2, -0.15) is 0 Å². The number of anilines is 2. The molecule has 0 radical (unpaired) electrons. The van der Waals surface area contributed by atoms with E-state index in [0.717, 1.165) is 18.9 Å². The predicted octanol–water partition coefficient (Wildman–Crippen LogP) is 4.14. The summed E-state index contributed by atoms with van der Waals surface area (Å²) in [5.41, 5.74) is 2.36. The van der Waals surface area contributed by atoms with Crippen molar-refractivity contribution in [1.82, 2.24) is 0 Å². The maximum Gasteiger partial charge on any atom is 0.236 e. The quantitative estimate of drug-likeness (QED) is 0.831. The molecule has 0 unspecified atom stereocenters. The smallest absolute Gasteiger partial charge is 0.236 e. The molecule has 0 fully saturated rings. The molecule has 0 N–H and O–H groups in total. The van der Waals surface area contributed by atoms with Crippen molar-refractivity contribution in [1.29, 1.82) is 0 Å². The third kappa shape index (κ3) is 2.42. The Morgan fingerprint density at radius 1 is 1.14 bits per heavy atom. The van der Waals surface area contributed by atoms with E-state index in [2.05, 4.69) is 6.92 Å². The van der Waals surface area contributed by atoms with Crippen molar-refractivity contribution in [2.24, 2.45) is 0 Å². The lowest BCUT2D eigenvalue weighted by molar-refractivity contribution is -0.116. The summed E-state index contributed by atoms with van der Waals surface area (Å²) in [6.45, 7) is 2.10. The number of fused-ring (bicyclic) bond motifs is 1. The summed E-state index contributed by atoms with van der Waals surface area (Å²) < 4.78 is 27.3. The van der Waals surface area contributed by atoms with Crippen LogP contribution in [0.25, 0.3) is 0 Å². The van der Waals surface area contributed by atoms with Gasteiger partial charge in [-0.25, -0.2) is 8.78 Å². The first-order valence-corrected chi connectivity index (χ1v) is 7.00. The van der Waals surface area contributed by atoms with Crippen LogP contribution in [-0.2, 0) is 17.6 Å². The summed E-state index contributed by atoms with van der Waals surface area (Å²) in [4.78, 5) is 13.5. The fourth-order valence-electron chi connectivity index (χ4n) is 2.74. The van der Waals surface area contributed by atoms with Crippen molar-refractivity contribution in [2.75, 3.05) is 4.90 Å². The van der Waals surface area contributed by atoms with E-state index in [0.29, 0.717) is 11.3 Å². The molecule has 0 saturated heterocycles. The van der Waals surface area contributed by atoms with Crippen LogP contribution < -0.4 is 4.90 Å². The SMILES string of the molecule is CCCc1ccc(N2C(=O)Cc3cc(F)cc(F)c32)cc1. The minimum absolute atomic E-state index is 0.0285. The Kier molecular flexibility index (Phi) is 3.45. The fraction of sp³-hybridized carbons (Fsp3) is 0.235. The zero-order chi connectivity index (χ0) is 15.0. The van der Waals surface area contributed by atoms with Crippen molar-refractivity contribution >= 4 is 17.3 Å². The highest BCUT2D eigenvalue weighted by molar-refractivity contribution is 6.07. The van der Waals surface area contributed by atoms with Crippen LogP contribution in [0.15, 0.2) is 36.4 Å². The molecular formula is C17H15F2NO. The van der Waals surface area contributed by atoms with Crippen molar-refractivity contribution in [2.45, 2.75) is 26.2 Å². The summed E-state index contributed by atoms with van der Waals surface area (Å²) in [5, 5.41) is 0. The van der Waals surface area contributed by atoms with E-state index in [1.54, 1.807) is 12.1 Å². The number of halogens is 2. The third-order valence-corrected chi connectivity index (χ3v) is 3.66. The van der Waals surface area contributed by atoms with E-state index >= 15 is 0 Å². The summed E-state index contributed by atoms with van der Waals surface area (Å²) in [7, 11) is 0. The number of amides is 1. The molecule has 0 saturated carbocycles. The van der Waals surface area contributed by atoms with Gasteiger partial charge in [0.15, 0.2) is 5.82 Å². The van der Waals surface area contributed by atoms with Crippen molar-refractivity contribution in [3.05, 3.63) is 59.2 Å². The second-order valence-corrected chi connectivity index (χ2v) is 5.22. The van der Waals surface area contributed by atoms with Gasteiger partial charge < -0.3 is 0 Å². The van der Waals surface area contributed by atoms with Crippen LogP contribution in [0.5, 0.6) is 0 Å². The minimum Gasteiger partial charge on any atom is -0.278 e. The normalized spacial score (nSPS) is 13.7.